The second-order valence-corrected chi connectivity index (χ2v) is 21.7. The second kappa shape index (κ2) is 18.1. The van der Waals surface area contributed by atoms with Crippen LogP contribution < -0.4 is 9.64 Å². The number of aromatic nitrogens is 1. The number of hydrogen-bond donors (Lipinski definition) is 0. The normalized spacial score (nSPS) is 19.6. The molecule has 3 aliphatic carbocycles. The van der Waals surface area contributed by atoms with Gasteiger partial charge < -0.3 is 14.2 Å². The van der Waals surface area contributed by atoms with E-state index in [-0.39, 0.29) is 5.92 Å². The zero-order chi connectivity index (χ0) is 52.0. The molecule has 0 radical (unpaired) electrons. The van der Waals surface area contributed by atoms with Gasteiger partial charge in [0, 0.05) is 44.9 Å². The van der Waals surface area contributed by atoms with Gasteiger partial charge in [0.05, 0.1) is 22.1 Å². The van der Waals surface area contributed by atoms with E-state index in [0.29, 0.717) is 5.92 Å². The number of rotatable bonds is 8. The smallest absolute Gasteiger partial charge is 0.132 e. The molecule has 4 unspecified atom stereocenters. The SMILES string of the molecule is CC1C=CC2=C(C1)c1cc(N(c3cccc(-c4cccc5c4c4ccccc4n5-c4ccccc4)c3)c3ccccc3-c3ccccc3-c3ccccc3-c3ccccc3)ccc1C21c2ccccc2OC2(C)C=CC=CC21. The highest BCUT2D eigenvalue weighted by Gasteiger charge is 2.60. The molecule has 0 saturated heterocycles. The van der Waals surface area contributed by atoms with E-state index in [1.165, 1.54) is 83.0 Å². The van der Waals surface area contributed by atoms with Crippen LogP contribution in [-0.2, 0) is 5.41 Å². The Morgan fingerprint density at radius 1 is 0.487 bits per heavy atom. The van der Waals surface area contributed by atoms with Crippen molar-refractivity contribution in [3.8, 4) is 55.9 Å². The summed E-state index contributed by atoms with van der Waals surface area (Å²) in [4.78, 5) is 2.53. The lowest BCUT2D eigenvalue weighted by molar-refractivity contribution is 0.0466. The zero-order valence-corrected chi connectivity index (χ0v) is 43.7. The summed E-state index contributed by atoms with van der Waals surface area (Å²) in [6, 6.07) is 89.5. The van der Waals surface area contributed by atoms with Gasteiger partial charge in [-0.2, -0.15) is 0 Å². The molecule has 10 aromatic carbocycles. The van der Waals surface area contributed by atoms with Crippen molar-refractivity contribution in [3.63, 3.8) is 0 Å². The van der Waals surface area contributed by atoms with Crippen LogP contribution in [0.15, 0.2) is 285 Å². The quantitative estimate of drug-likeness (QED) is 0.151. The number of para-hydroxylation sites is 4. The average Bonchev–Trinajstić information content (AvgIpc) is 2.85. The highest BCUT2D eigenvalue weighted by Crippen LogP contribution is 2.65. The van der Waals surface area contributed by atoms with E-state index in [1.54, 1.807) is 0 Å². The van der Waals surface area contributed by atoms with Crippen LogP contribution in [0.1, 0.15) is 37.0 Å². The molecule has 3 nitrogen and oxygen atoms in total. The maximum absolute atomic E-state index is 7.06. The Bertz CT molecular complexity index is 4330. The number of fused-ring (bicyclic) bond motifs is 11. The number of ether oxygens (including phenoxy) is 1. The Morgan fingerprint density at radius 3 is 1.95 bits per heavy atom. The van der Waals surface area contributed by atoms with Crippen LogP contribution in [0.4, 0.5) is 17.1 Å². The predicted molar refractivity (Wildman–Crippen MR) is 325 cm³/mol. The van der Waals surface area contributed by atoms with Crippen LogP contribution in [-0.4, -0.2) is 10.2 Å². The summed E-state index contributed by atoms with van der Waals surface area (Å²) in [7, 11) is 0. The minimum absolute atomic E-state index is 0.0272. The monoisotopic (exact) mass is 1000 g/mol. The van der Waals surface area contributed by atoms with Crippen LogP contribution in [0.5, 0.6) is 5.75 Å². The second-order valence-electron chi connectivity index (χ2n) is 21.7. The molecule has 4 atom stereocenters. The molecule has 15 rings (SSSR count). The first kappa shape index (κ1) is 45.9. The molecule has 0 N–H and O–H groups in total. The number of allylic oxidation sites excluding steroid dienone is 6. The fraction of sp³-hybridized carbons (Fsp3) is 0.0933. The minimum Gasteiger partial charge on any atom is -0.482 e. The van der Waals surface area contributed by atoms with Gasteiger partial charge >= 0.3 is 0 Å². The molecule has 1 aliphatic heterocycles. The standard InChI is InChI=1S/C75H56N2O/c1-50-42-44-65-63(47-50)64-49-55(43-45-66(64)75(65)67-36-15-18-40-71(67)78-74(2)46-20-19-41-72(74)75)76(68-37-16-13-33-61(68)60-32-12-11-31-59(60)58-30-10-9-29-56(58)51-23-5-3-6-24-51)54-28-21-25-52(48-54)57-35-22-39-70-73(57)62-34-14-17-38-69(62)77(70)53-26-7-4-8-27-53/h3-46,48-50,72H,47H2,1-2H3. The van der Waals surface area contributed by atoms with Crippen LogP contribution in [0.2, 0.25) is 0 Å². The Labute approximate surface area is 456 Å². The molecule has 3 heteroatoms. The van der Waals surface area contributed by atoms with Crippen LogP contribution in [0, 0.1) is 11.8 Å². The van der Waals surface area contributed by atoms with Crippen molar-refractivity contribution in [2.75, 3.05) is 4.90 Å². The molecule has 1 spiro atoms. The third-order valence-electron chi connectivity index (χ3n) is 17.2. The van der Waals surface area contributed by atoms with E-state index in [2.05, 4.69) is 302 Å². The molecule has 2 heterocycles. The number of anilines is 3. The van der Waals surface area contributed by atoms with E-state index < -0.39 is 11.0 Å². The van der Waals surface area contributed by atoms with E-state index in [0.717, 1.165) is 46.0 Å². The summed E-state index contributed by atoms with van der Waals surface area (Å²) in [5.41, 5.74) is 21.9. The van der Waals surface area contributed by atoms with Gasteiger partial charge in [-0.05, 0) is 147 Å². The highest BCUT2D eigenvalue weighted by molar-refractivity contribution is 6.16. The van der Waals surface area contributed by atoms with Gasteiger partial charge in [0.15, 0.2) is 0 Å². The average molecular weight is 1000 g/mol. The van der Waals surface area contributed by atoms with Gasteiger partial charge in [-0.25, -0.2) is 0 Å². The van der Waals surface area contributed by atoms with Crippen LogP contribution >= 0.6 is 0 Å². The molecule has 78 heavy (non-hydrogen) atoms. The Balaban J connectivity index is 0.975. The van der Waals surface area contributed by atoms with Crippen molar-refractivity contribution >= 4 is 44.4 Å². The molecule has 372 valence electrons. The molecule has 0 bridgehead atoms. The van der Waals surface area contributed by atoms with Gasteiger partial charge in [0.1, 0.15) is 11.4 Å². The fourth-order valence-corrected chi connectivity index (χ4v) is 14.0. The lowest BCUT2D eigenvalue weighted by Gasteiger charge is -2.53. The Hall–Kier alpha value is -9.44. The van der Waals surface area contributed by atoms with Crippen molar-refractivity contribution in [2.24, 2.45) is 11.8 Å². The number of hydrogen-bond acceptors (Lipinski definition) is 2. The summed E-state index contributed by atoms with van der Waals surface area (Å²) >= 11 is 0. The van der Waals surface area contributed by atoms with E-state index in [1.807, 2.05) is 0 Å². The summed E-state index contributed by atoms with van der Waals surface area (Å²) in [6.07, 6.45) is 14.9. The first-order valence-corrected chi connectivity index (χ1v) is 27.5. The first-order chi connectivity index (χ1) is 38.5. The van der Waals surface area contributed by atoms with Crippen LogP contribution in [0.3, 0.4) is 0 Å². The third kappa shape index (κ3) is 6.97. The molecule has 11 aromatic rings. The summed E-state index contributed by atoms with van der Waals surface area (Å²) in [5, 5.41) is 2.47. The molecule has 0 fully saturated rings. The predicted octanol–water partition coefficient (Wildman–Crippen LogP) is 19.5. The summed E-state index contributed by atoms with van der Waals surface area (Å²) in [5.74, 6) is 1.37. The van der Waals surface area contributed by atoms with E-state index in [9.17, 15) is 0 Å². The molecule has 0 amide bonds. The van der Waals surface area contributed by atoms with Crippen molar-refractivity contribution in [2.45, 2.75) is 31.3 Å². The largest absolute Gasteiger partial charge is 0.482 e. The maximum atomic E-state index is 7.06. The first-order valence-electron chi connectivity index (χ1n) is 27.5. The molecular weight excluding hydrogens is 945 g/mol. The van der Waals surface area contributed by atoms with Crippen molar-refractivity contribution < 1.29 is 4.74 Å². The van der Waals surface area contributed by atoms with Gasteiger partial charge in [-0.3, -0.25) is 0 Å². The van der Waals surface area contributed by atoms with Gasteiger partial charge in [-0.1, -0.05) is 219 Å². The van der Waals surface area contributed by atoms with Crippen LogP contribution in [0.25, 0.3) is 77.6 Å². The fourth-order valence-electron chi connectivity index (χ4n) is 14.0. The van der Waals surface area contributed by atoms with Crippen molar-refractivity contribution in [1.82, 2.24) is 4.57 Å². The molecule has 1 aromatic heterocycles. The van der Waals surface area contributed by atoms with Crippen molar-refractivity contribution in [1.29, 1.82) is 0 Å². The highest BCUT2D eigenvalue weighted by atomic mass is 16.5. The van der Waals surface area contributed by atoms with Gasteiger partial charge in [0.2, 0.25) is 0 Å². The molecular formula is C75H56N2O. The zero-order valence-electron chi connectivity index (χ0n) is 43.7. The Morgan fingerprint density at radius 2 is 1.12 bits per heavy atom. The lowest BCUT2D eigenvalue weighted by Crippen LogP contribution is -2.55. The van der Waals surface area contributed by atoms with Gasteiger partial charge in [0.25, 0.3) is 0 Å². The van der Waals surface area contributed by atoms with E-state index >= 15 is 0 Å². The van der Waals surface area contributed by atoms with Gasteiger partial charge in [-0.15, -0.1) is 0 Å². The Kier molecular flexibility index (Phi) is 10.7. The maximum Gasteiger partial charge on any atom is 0.132 e. The number of nitrogens with zero attached hydrogens (tertiary/aromatic N) is 2. The van der Waals surface area contributed by atoms with Crippen molar-refractivity contribution in [3.05, 3.63) is 301 Å². The molecule has 4 aliphatic rings. The lowest BCUT2D eigenvalue weighted by atomic mass is 9.56. The molecule has 0 saturated carbocycles. The topological polar surface area (TPSA) is 17.4 Å². The van der Waals surface area contributed by atoms with E-state index in [4.69, 9.17) is 4.74 Å². The minimum atomic E-state index is -0.549. The summed E-state index contributed by atoms with van der Waals surface area (Å²) < 4.78 is 9.47. The summed E-state index contributed by atoms with van der Waals surface area (Å²) in [6.45, 7) is 4.64. The third-order valence-corrected chi connectivity index (χ3v) is 17.2. The number of benzene rings is 10.